The fraction of sp³-hybridized carbons (Fsp3) is 0.571. The average Bonchev–Trinajstić information content (AvgIpc) is 2.38. The van der Waals surface area contributed by atoms with Crippen LogP contribution in [0.25, 0.3) is 0 Å². The van der Waals surface area contributed by atoms with Gasteiger partial charge in [0.05, 0.1) is 0 Å². The van der Waals surface area contributed by atoms with Crippen molar-refractivity contribution in [1.29, 1.82) is 0 Å². The van der Waals surface area contributed by atoms with Crippen molar-refractivity contribution in [2.24, 2.45) is 0 Å². The minimum Gasteiger partial charge on any atom is -0.336 e. The van der Waals surface area contributed by atoms with Crippen LogP contribution < -0.4 is 0 Å². The monoisotopic (exact) mass is 249 g/mol. The summed E-state index contributed by atoms with van der Waals surface area (Å²) in [5.74, 6) is 0.0387. The molecule has 1 rings (SSSR count). The third-order valence-corrected chi connectivity index (χ3v) is 2.96. The van der Waals surface area contributed by atoms with Crippen molar-refractivity contribution in [3.63, 3.8) is 0 Å². The third-order valence-electron chi connectivity index (χ3n) is 2.96. The maximum atomic E-state index is 12.4. The van der Waals surface area contributed by atoms with Gasteiger partial charge in [-0.25, -0.2) is 0 Å². The molecule has 0 bridgehead atoms. The average molecular weight is 249 g/mol. The maximum absolute atomic E-state index is 12.4. The summed E-state index contributed by atoms with van der Waals surface area (Å²) in [5, 5.41) is 0. The summed E-state index contributed by atoms with van der Waals surface area (Å²) in [5.41, 5.74) is 1.62. The first-order valence-corrected chi connectivity index (χ1v) is 6.48. The minimum absolute atomic E-state index is 0.0387. The second-order valence-electron chi connectivity index (χ2n) is 4.55. The molecule has 0 spiro atoms. The van der Waals surface area contributed by atoms with E-state index in [1.165, 1.54) is 0 Å². The minimum atomic E-state index is 0.0387. The number of hydrogen-bond donors (Lipinski definition) is 0. The van der Waals surface area contributed by atoms with Crippen LogP contribution in [-0.2, 0) is 6.42 Å². The van der Waals surface area contributed by atoms with Gasteiger partial charge in [0.15, 0.2) is 0 Å². The first kappa shape index (κ1) is 14.6. The van der Waals surface area contributed by atoms with Crippen molar-refractivity contribution in [1.82, 2.24) is 14.8 Å². The highest BCUT2D eigenvalue weighted by Gasteiger charge is 2.17. The van der Waals surface area contributed by atoms with Gasteiger partial charge >= 0.3 is 0 Å². The number of amides is 1. The van der Waals surface area contributed by atoms with Crippen molar-refractivity contribution in [2.45, 2.75) is 20.3 Å². The lowest BCUT2D eigenvalue weighted by molar-refractivity contribution is 0.0747. The Balaban J connectivity index is 2.82. The number of nitrogens with zero attached hydrogens (tertiary/aromatic N) is 3. The summed E-state index contributed by atoms with van der Waals surface area (Å²) in [6.45, 7) is 6.37. The fourth-order valence-electron chi connectivity index (χ4n) is 1.79. The van der Waals surface area contributed by atoms with Gasteiger partial charge in [0.2, 0.25) is 0 Å². The molecule has 18 heavy (non-hydrogen) atoms. The molecule has 1 heterocycles. The second-order valence-corrected chi connectivity index (χ2v) is 4.55. The molecular weight excluding hydrogens is 226 g/mol. The largest absolute Gasteiger partial charge is 0.336 e. The molecule has 0 saturated heterocycles. The Morgan fingerprint density at radius 2 is 2.00 bits per heavy atom. The molecule has 0 aliphatic heterocycles. The lowest BCUT2D eigenvalue weighted by Crippen LogP contribution is -2.37. The molecule has 0 N–H and O–H groups in total. The Morgan fingerprint density at radius 1 is 1.28 bits per heavy atom. The molecular formula is C14H23N3O. The third kappa shape index (κ3) is 3.81. The number of pyridine rings is 1. The first-order valence-electron chi connectivity index (χ1n) is 6.48. The molecule has 0 fully saturated rings. The zero-order valence-electron chi connectivity index (χ0n) is 11.8. The number of carbonyl (C=O) groups is 1. The van der Waals surface area contributed by atoms with Gasteiger partial charge in [-0.1, -0.05) is 13.0 Å². The SMILES string of the molecule is CCc1cccnc1C(=O)N(CC)CCN(C)C. The molecule has 1 amide bonds. The van der Waals surface area contributed by atoms with Crippen molar-refractivity contribution in [2.75, 3.05) is 33.7 Å². The van der Waals surface area contributed by atoms with E-state index in [4.69, 9.17) is 0 Å². The van der Waals surface area contributed by atoms with Crippen LogP contribution in [0.5, 0.6) is 0 Å². The van der Waals surface area contributed by atoms with Crippen LogP contribution in [0.4, 0.5) is 0 Å². The van der Waals surface area contributed by atoms with Gasteiger partial charge in [-0.05, 0) is 39.1 Å². The van der Waals surface area contributed by atoms with E-state index in [0.717, 1.165) is 25.1 Å². The molecule has 4 nitrogen and oxygen atoms in total. The lowest BCUT2D eigenvalue weighted by Gasteiger charge is -2.23. The van der Waals surface area contributed by atoms with Crippen LogP contribution in [0.2, 0.25) is 0 Å². The van der Waals surface area contributed by atoms with Crippen LogP contribution in [0.15, 0.2) is 18.3 Å². The van der Waals surface area contributed by atoms with Crippen LogP contribution in [0, 0.1) is 0 Å². The number of likely N-dealkylation sites (N-methyl/N-ethyl adjacent to an activating group) is 2. The highest BCUT2D eigenvalue weighted by Crippen LogP contribution is 2.09. The van der Waals surface area contributed by atoms with Gasteiger partial charge in [0.1, 0.15) is 5.69 Å². The Kier molecular flexibility index (Phi) is 5.78. The summed E-state index contributed by atoms with van der Waals surface area (Å²) in [7, 11) is 4.02. The van der Waals surface area contributed by atoms with Crippen LogP contribution in [0.1, 0.15) is 29.9 Å². The van der Waals surface area contributed by atoms with E-state index in [9.17, 15) is 4.79 Å². The molecule has 0 aliphatic rings. The van der Waals surface area contributed by atoms with Gasteiger partial charge in [-0.3, -0.25) is 9.78 Å². The summed E-state index contributed by atoms with van der Waals surface area (Å²) in [6, 6.07) is 3.85. The van der Waals surface area contributed by atoms with Crippen LogP contribution >= 0.6 is 0 Å². The Bertz CT molecular complexity index is 390. The van der Waals surface area contributed by atoms with Gasteiger partial charge in [0.25, 0.3) is 5.91 Å². The predicted molar refractivity (Wildman–Crippen MR) is 73.7 cm³/mol. The van der Waals surface area contributed by atoms with E-state index in [2.05, 4.69) is 9.88 Å². The Labute approximate surface area is 110 Å². The van der Waals surface area contributed by atoms with Gasteiger partial charge < -0.3 is 9.80 Å². The van der Waals surface area contributed by atoms with Crippen LogP contribution in [0.3, 0.4) is 0 Å². The highest BCUT2D eigenvalue weighted by atomic mass is 16.2. The van der Waals surface area contributed by atoms with Crippen molar-refractivity contribution >= 4 is 5.91 Å². The summed E-state index contributed by atoms with van der Waals surface area (Å²) >= 11 is 0. The fourth-order valence-corrected chi connectivity index (χ4v) is 1.79. The van der Waals surface area contributed by atoms with E-state index in [1.54, 1.807) is 6.20 Å². The quantitative estimate of drug-likeness (QED) is 0.769. The van der Waals surface area contributed by atoms with E-state index < -0.39 is 0 Å². The molecule has 100 valence electrons. The molecule has 0 aliphatic carbocycles. The number of aryl methyl sites for hydroxylation is 1. The summed E-state index contributed by atoms with van der Waals surface area (Å²) in [4.78, 5) is 20.6. The number of hydrogen-bond acceptors (Lipinski definition) is 3. The molecule has 0 saturated carbocycles. The number of rotatable bonds is 6. The van der Waals surface area contributed by atoms with Gasteiger partial charge in [0, 0.05) is 25.8 Å². The topological polar surface area (TPSA) is 36.4 Å². The summed E-state index contributed by atoms with van der Waals surface area (Å²) in [6.07, 6.45) is 2.52. The zero-order chi connectivity index (χ0) is 13.5. The molecule has 4 heteroatoms. The highest BCUT2D eigenvalue weighted by molar-refractivity contribution is 5.93. The molecule has 1 aromatic rings. The molecule has 1 aromatic heterocycles. The van der Waals surface area contributed by atoms with Crippen LogP contribution in [-0.4, -0.2) is 54.4 Å². The number of aromatic nitrogens is 1. The number of carbonyl (C=O) groups excluding carboxylic acids is 1. The van der Waals surface area contributed by atoms with Crippen molar-refractivity contribution < 1.29 is 4.79 Å². The van der Waals surface area contributed by atoms with E-state index >= 15 is 0 Å². The first-order chi connectivity index (χ1) is 8.60. The van der Waals surface area contributed by atoms with Crippen molar-refractivity contribution in [3.8, 4) is 0 Å². The normalized spacial score (nSPS) is 10.7. The van der Waals surface area contributed by atoms with Gasteiger partial charge in [-0.2, -0.15) is 0 Å². The van der Waals surface area contributed by atoms with E-state index in [-0.39, 0.29) is 5.91 Å². The van der Waals surface area contributed by atoms with Gasteiger partial charge in [-0.15, -0.1) is 0 Å². The predicted octanol–water partition coefficient (Wildman–Crippen LogP) is 1.67. The van der Waals surface area contributed by atoms with Crippen molar-refractivity contribution in [3.05, 3.63) is 29.6 Å². The smallest absolute Gasteiger partial charge is 0.272 e. The maximum Gasteiger partial charge on any atom is 0.272 e. The second kappa shape index (κ2) is 7.11. The Morgan fingerprint density at radius 3 is 2.56 bits per heavy atom. The molecule has 0 radical (unpaired) electrons. The summed E-state index contributed by atoms with van der Waals surface area (Å²) < 4.78 is 0. The zero-order valence-corrected chi connectivity index (χ0v) is 11.8. The molecule has 0 aromatic carbocycles. The van der Waals surface area contributed by atoms with E-state index in [1.807, 2.05) is 45.0 Å². The molecule has 0 atom stereocenters. The lowest BCUT2D eigenvalue weighted by atomic mass is 10.1. The van der Waals surface area contributed by atoms with E-state index in [0.29, 0.717) is 12.2 Å². The molecule has 0 unspecified atom stereocenters. The Hall–Kier alpha value is -1.42. The standard InChI is InChI=1S/C14H23N3O/c1-5-12-8-7-9-15-13(12)14(18)17(6-2)11-10-16(3)4/h7-9H,5-6,10-11H2,1-4H3.